The van der Waals surface area contributed by atoms with E-state index < -0.39 is 0 Å². The molecule has 1 amide bonds. The predicted molar refractivity (Wildman–Crippen MR) is 55.5 cm³/mol. The number of fused-ring (bicyclic) bond motifs is 2. The van der Waals surface area contributed by atoms with E-state index >= 15 is 0 Å². The summed E-state index contributed by atoms with van der Waals surface area (Å²) in [5, 5.41) is 1.12. The summed E-state index contributed by atoms with van der Waals surface area (Å²) in [6.07, 6.45) is 3.24. The summed E-state index contributed by atoms with van der Waals surface area (Å²) in [5.41, 5.74) is -0.391. The first-order chi connectivity index (χ1) is 6.94. The Labute approximate surface area is 89.8 Å². The van der Waals surface area contributed by atoms with Gasteiger partial charge >= 0.3 is 0 Å². The summed E-state index contributed by atoms with van der Waals surface area (Å²) < 4.78 is 0. The van der Waals surface area contributed by atoms with E-state index in [-0.39, 0.29) is 10.8 Å². The fraction of sp³-hybridized carbons (Fsp3) is 0.818. The minimum absolute atomic E-state index is 0.00921. The molecule has 0 aromatic heterocycles. The van der Waals surface area contributed by atoms with Crippen molar-refractivity contribution in [2.45, 2.75) is 33.1 Å². The van der Waals surface area contributed by atoms with E-state index in [2.05, 4.69) is 13.8 Å². The van der Waals surface area contributed by atoms with E-state index in [9.17, 15) is 9.59 Å². The maximum Gasteiger partial charge on any atom is 0.223 e. The van der Waals surface area contributed by atoms with Gasteiger partial charge in [-0.3, -0.25) is 14.6 Å². The number of rotatable bonds is 3. The molecule has 15 heavy (non-hydrogen) atoms. The number of carbonyl (C=O) groups is 2. The number of nitrogens with two attached hydrogens (primary N) is 1. The van der Waals surface area contributed by atoms with Gasteiger partial charge in [0.15, 0.2) is 0 Å². The topological polar surface area (TPSA) is 63.4 Å². The van der Waals surface area contributed by atoms with Crippen LogP contribution >= 0.6 is 0 Å². The van der Waals surface area contributed by atoms with Gasteiger partial charge in [-0.1, -0.05) is 13.8 Å². The van der Waals surface area contributed by atoms with Gasteiger partial charge < -0.3 is 0 Å². The summed E-state index contributed by atoms with van der Waals surface area (Å²) in [5.74, 6) is 6.30. The standard InChI is InChI=1S/C11H18N2O2/c1-10(2)8-3-4-11(10,9(15)5-8)6-13(12)7-14/h7-8H,3-6,12H2,1-2H3. The maximum atomic E-state index is 12.0. The molecule has 0 spiro atoms. The van der Waals surface area contributed by atoms with E-state index in [0.717, 1.165) is 17.9 Å². The van der Waals surface area contributed by atoms with Crippen molar-refractivity contribution in [3.8, 4) is 0 Å². The molecule has 2 rings (SSSR count). The second kappa shape index (κ2) is 3.04. The summed E-state index contributed by atoms with van der Waals surface area (Å²) in [4.78, 5) is 22.6. The van der Waals surface area contributed by atoms with Crippen LogP contribution in [0.4, 0.5) is 0 Å². The largest absolute Gasteiger partial charge is 0.299 e. The zero-order chi connectivity index (χ0) is 11.3. The van der Waals surface area contributed by atoms with E-state index in [4.69, 9.17) is 5.84 Å². The smallest absolute Gasteiger partial charge is 0.223 e. The van der Waals surface area contributed by atoms with Gasteiger partial charge in [-0.2, -0.15) is 0 Å². The molecule has 4 nitrogen and oxygen atoms in total. The first-order valence-corrected chi connectivity index (χ1v) is 5.44. The van der Waals surface area contributed by atoms with Crippen LogP contribution in [-0.4, -0.2) is 23.7 Å². The van der Waals surface area contributed by atoms with Crippen LogP contribution in [0.3, 0.4) is 0 Å². The fourth-order valence-electron chi connectivity index (χ4n) is 3.49. The van der Waals surface area contributed by atoms with E-state index in [0.29, 0.717) is 31.1 Å². The normalized spacial score (nSPS) is 37.0. The zero-order valence-corrected chi connectivity index (χ0v) is 9.32. The van der Waals surface area contributed by atoms with Crippen molar-refractivity contribution in [3.63, 3.8) is 0 Å². The van der Waals surface area contributed by atoms with Crippen LogP contribution in [-0.2, 0) is 9.59 Å². The van der Waals surface area contributed by atoms with Crippen molar-refractivity contribution in [2.24, 2.45) is 22.6 Å². The van der Waals surface area contributed by atoms with Crippen LogP contribution in [0.25, 0.3) is 0 Å². The first-order valence-electron chi connectivity index (χ1n) is 5.44. The van der Waals surface area contributed by atoms with Gasteiger partial charge in [0, 0.05) is 13.0 Å². The third-order valence-electron chi connectivity index (χ3n) is 4.73. The minimum atomic E-state index is -0.382. The highest BCUT2D eigenvalue weighted by Crippen LogP contribution is 2.63. The molecule has 2 atom stereocenters. The number of hydrogen-bond acceptors (Lipinski definition) is 3. The minimum Gasteiger partial charge on any atom is -0.299 e. The van der Waals surface area contributed by atoms with Gasteiger partial charge in [0.25, 0.3) is 0 Å². The zero-order valence-electron chi connectivity index (χ0n) is 9.32. The molecule has 2 saturated carbocycles. The summed E-state index contributed by atoms with van der Waals surface area (Å²) in [7, 11) is 0. The van der Waals surface area contributed by atoms with Crippen LogP contribution in [0.1, 0.15) is 33.1 Å². The van der Waals surface area contributed by atoms with Crippen LogP contribution < -0.4 is 5.84 Å². The Morgan fingerprint density at radius 2 is 2.27 bits per heavy atom. The number of ketones is 1. The lowest BCUT2D eigenvalue weighted by Crippen LogP contribution is -2.48. The van der Waals surface area contributed by atoms with Gasteiger partial charge in [0.05, 0.1) is 5.41 Å². The Balaban J connectivity index is 2.31. The quantitative estimate of drug-likeness (QED) is 0.323. The molecule has 0 saturated heterocycles. The third-order valence-corrected chi connectivity index (χ3v) is 4.73. The summed E-state index contributed by atoms with van der Waals surface area (Å²) in [6.45, 7) is 4.64. The molecule has 0 aromatic carbocycles. The van der Waals surface area contributed by atoms with Crippen LogP contribution in [0.5, 0.6) is 0 Å². The number of hydrazine groups is 1. The van der Waals surface area contributed by atoms with Gasteiger partial charge in [-0.05, 0) is 24.2 Å². The lowest BCUT2D eigenvalue weighted by atomic mass is 9.69. The lowest BCUT2D eigenvalue weighted by molar-refractivity contribution is -0.133. The number of hydrogen-bond donors (Lipinski definition) is 1. The Hall–Kier alpha value is -0.900. The van der Waals surface area contributed by atoms with Crippen molar-refractivity contribution in [3.05, 3.63) is 0 Å². The lowest BCUT2D eigenvalue weighted by Gasteiger charge is -2.38. The Bertz CT molecular complexity index is 314. The highest BCUT2D eigenvalue weighted by molar-refractivity contribution is 5.90. The first kappa shape index (κ1) is 10.6. The predicted octanol–water partition coefficient (Wildman–Crippen LogP) is 0.714. The molecule has 0 aliphatic heterocycles. The van der Waals surface area contributed by atoms with Crippen molar-refractivity contribution in [2.75, 3.05) is 6.54 Å². The SMILES string of the molecule is CC1(C)C2CCC1(CN(N)C=O)C(=O)C2. The summed E-state index contributed by atoms with van der Waals surface area (Å²) in [6, 6.07) is 0. The van der Waals surface area contributed by atoms with Crippen molar-refractivity contribution >= 4 is 12.2 Å². The summed E-state index contributed by atoms with van der Waals surface area (Å²) >= 11 is 0. The molecule has 2 aliphatic carbocycles. The van der Waals surface area contributed by atoms with E-state index in [1.807, 2.05) is 0 Å². The van der Waals surface area contributed by atoms with Crippen LogP contribution in [0, 0.1) is 16.7 Å². The number of amides is 1. The van der Waals surface area contributed by atoms with E-state index in [1.54, 1.807) is 0 Å². The second-order valence-corrected chi connectivity index (χ2v) is 5.44. The Morgan fingerprint density at radius 3 is 2.67 bits per heavy atom. The fourth-order valence-corrected chi connectivity index (χ4v) is 3.49. The second-order valence-electron chi connectivity index (χ2n) is 5.44. The molecular formula is C11H18N2O2. The van der Waals surface area contributed by atoms with Crippen molar-refractivity contribution in [1.82, 2.24) is 5.01 Å². The highest BCUT2D eigenvalue weighted by atomic mass is 16.1. The average Bonchev–Trinajstić information content (AvgIpc) is 2.51. The molecule has 2 fully saturated rings. The monoisotopic (exact) mass is 210 g/mol. The molecule has 2 unspecified atom stereocenters. The molecule has 4 heteroatoms. The van der Waals surface area contributed by atoms with Gasteiger partial charge in [-0.15, -0.1) is 0 Å². The molecule has 84 valence electrons. The molecule has 0 heterocycles. The average molecular weight is 210 g/mol. The van der Waals surface area contributed by atoms with Crippen molar-refractivity contribution in [1.29, 1.82) is 0 Å². The molecule has 2 N–H and O–H groups in total. The number of carbonyl (C=O) groups excluding carboxylic acids is 2. The number of nitrogens with zero attached hydrogens (tertiary/aromatic N) is 1. The van der Waals surface area contributed by atoms with Gasteiger partial charge in [0.1, 0.15) is 5.78 Å². The van der Waals surface area contributed by atoms with Crippen LogP contribution in [0.15, 0.2) is 0 Å². The van der Waals surface area contributed by atoms with Crippen LogP contribution in [0.2, 0.25) is 0 Å². The Kier molecular flexibility index (Phi) is 2.15. The van der Waals surface area contributed by atoms with Crippen molar-refractivity contribution < 1.29 is 9.59 Å². The van der Waals surface area contributed by atoms with Gasteiger partial charge in [-0.25, -0.2) is 5.84 Å². The maximum absolute atomic E-state index is 12.0. The molecule has 2 aliphatic rings. The molecule has 2 bridgehead atoms. The molecule has 0 radical (unpaired) electrons. The Morgan fingerprint density at radius 1 is 1.60 bits per heavy atom. The molecular weight excluding hydrogens is 192 g/mol. The molecule has 0 aromatic rings. The third kappa shape index (κ3) is 1.17. The highest BCUT2D eigenvalue weighted by Gasteiger charge is 2.64. The van der Waals surface area contributed by atoms with Gasteiger partial charge in [0.2, 0.25) is 6.41 Å². The number of Topliss-reactive ketones (excluding diaryl/α,β-unsaturated/α-hetero) is 1. The van der Waals surface area contributed by atoms with E-state index in [1.165, 1.54) is 0 Å².